The average Bonchev–Trinajstić information content (AvgIpc) is 2.86. The maximum atomic E-state index is 12.0. The Balaban J connectivity index is 1.72. The minimum atomic E-state index is -0.538. The lowest BCUT2D eigenvalue weighted by atomic mass is 9.43. The van der Waals surface area contributed by atoms with Crippen LogP contribution in [-0.2, 0) is 4.79 Å². The molecule has 2 heteroatoms. The fourth-order valence-corrected chi connectivity index (χ4v) is 7.31. The highest BCUT2D eigenvalue weighted by Gasteiger charge is 2.66. The largest absolute Gasteiger partial charge is 0.389 e. The average molecular weight is 316 g/mol. The van der Waals surface area contributed by atoms with Gasteiger partial charge < -0.3 is 5.11 Å². The van der Waals surface area contributed by atoms with E-state index in [1.165, 1.54) is 12.8 Å². The highest BCUT2D eigenvalue weighted by atomic mass is 16.3. The van der Waals surface area contributed by atoms with Gasteiger partial charge >= 0.3 is 0 Å². The van der Waals surface area contributed by atoms with Crippen LogP contribution in [-0.4, -0.2) is 16.5 Å². The van der Waals surface area contributed by atoms with Crippen molar-refractivity contribution in [2.24, 2.45) is 28.6 Å². The second-order valence-corrected chi connectivity index (χ2v) is 9.34. The van der Waals surface area contributed by atoms with Gasteiger partial charge in [0.2, 0.25) is 0 Å². The number of allylic oxidation sites excluding steroid dienone is 2. The van der Waals surface area contributed by atoms with E-state index in [9.17, 15) is 9.90 Å². The number of carbonyl (C=O) groups excluding carboxylic acids is 1. The summed E-state index contributed by atoms with van der Waals surface area (Å²) in [5.74, 6) is 1.92. The van der Waals surface area contributed by atoms with Crippen molar-refractivity contribution in [2.45, 2.75) is 84.2 Å². The molecule has 4 rings (SSSR count). The van der Waals surface area contributed by atoms with Gasteiger partial charge in [0.05, 0.1) is 5.60 Å². The van der Waals surface area contributed by atoms with Gasteiger partial charge in [0.1, 0.15) is 5.78 Å². The summed E-state index contributed by atoms with van der Waals surface area (Å²) in [5, 5.41) is 11.9. The second-order valence-electron chi connectivity index (χ2n) is 9.34. The van der Waals surface area contributed by atoms with Crippen LogP contribution < -0.4 is 0 Å². The molecule has 0 bridgehead atoms. The van der Waals surface area contributed by atoms with Crippen molar-refractivity contribution in [1.29, 1.82) is 0 Å². The van der Waals surface area contributed by atoms with Crippen molar-refractivity contribution in [1.82, 2.24) is 0 Å². The predicted molar refractivity (Wildman–Crippen MR) is 92.0 cm³/mol. The summed E-state index contributed by atoms with van der Waals surface area (Å²) in [7, 11) is 0. The Labute approximate surface area is 140 Å². The summed E-state index contributed by atoms with van der Waals surface area (Å²) in [6, 6.07) is 0. The van der Waals surface area contributed by atoms with Gasteiger partial charge in [-0.25, -0.2) is 0 Å². The summed E-state index contributed by atoms with van der Waals surface area (Å²) in [4.78, 5) is 12.0. The lowest BCUT2D eigenvalue weighted by molar-refractivity contribution is -0.227. The molecule has 0 heterocycles. The molecule has 0 aromatic rings. The fraction of sp³-hybridized carbons (Fsp3) is 0.857. The summed E-state index contributed by atoms with van der Waals surface area (Å²) in [6.45, 7) is 6.96. The van der Waals surface area contributed by atoms with Crippen molar-refractivity contribution in [3.8, 4) is 0 Å². The van der Waals surface area contributed by atoms with Crippen LogP contribution in [0.2, 0.25) is 0 Å². The Bertz CT molecular complexity index is 564. The van der Waals surface area contributed by atoms with Crippen LogP contribution in [0.4, 0.5) is 0 Å². The Morgan fingerprint density at radius 1 is 1.04 bits per heavy atom. The van der Waals surface area contributed by atoms with Gasteiger partial charge in [0, 0.05) is 18.3 Å². The van der Waals surface area contributed by atoms with Crippen LogP contribution in [0.3, 0.4) is 0 Å². The number of carbonyl (C=O) groups is 1. The van der Waals surface area contributed by atoms with Gasteiger partial charge in [-0.3, -0.25) is 4.79 Å². The first-order valence-electron chi connectivity index (χ1n) is 9.75. The molecular formula is C21H32O2. The van der Waals surface area contributed by atoms with Crippen molar-refractivity contribution in [2.75, 3.05) is 0 Å². The first-order valence-corrected chi connectivity index (χ1v) is 9.75. The number of aliphatic hydroxyl groups is 1. The molecule has 23 heavy (non-hydrogen) atoms. The van der Waals surface area contributed by atoms with Gasteiger partial charge in [-0.1, -0.05) is 25.5 Å². The maximum Gasteiger partial charge on any atom is 0.133 e. The first-order chi connectivity index (χ1) is 10.8. The third-order valence-electron chi connectivity index (χ3n) is 8.86. The van der Waals surface area contributed by atoms with Crippen LogP contribution in [0.15, 0.2) is 11.6 Å². The molecule has 4 aliphatic carbocycles. The summed E-state index contributed by atoms with van der Waals surface area (Å²) in [5.41, 5.74) is 1.38. The normalized spacial score (nSPS) is 54.5. The standard InChI is InChI=1S/C21H32O2/c1-4-14-5-7-17-18-8-6-15-13-16(22)9-10-20(15,3)21(18,23)12-11-19(14,17)2/h4,15,17-18,23H,5-13H2,1-3H3/b14-4-/t15?,17?,18?,19-,20+,21-/m1/s1. The third kappa shape index (κ3) is 1.88. The molecule has 2 nitrogen and oxygen atoms in total. The molecule has 4 fully saturated rings. The number of ketones is 1. The maximum absolute atomic E-state index is 12.0. The Hall–Kier alpha value is -0.630. The molecule has 4 saturated carbocycles. The summed E-state index contributed by atoms with van der Waals surface area (Å²) < 4.78 is 0. The predicted octanol–water partition coefficient (Wildman–Crippen LogP) is 4.66. The Morgan fingerprint density at radius 3 is 2.57 bits per heavy atom. The topological polar surface area (TPSA) is 37.3 Å². The molecule has 3 unspecified atom stereocenters. The molecule has 128 valence electrons. The molecule has 0 aromatic carbocycles. The van der Waals surface area contributed by atoms with Gasteiger partial charge in [-0.15, -0.1) is 0 Å². The molecule has 4 aliphatic rings. The molecule has 0 amide bonds. The second kappa shape index (κ2) is 4.94. The lowest BCUT2D eigenvalue weighted by Gasteiger charge is -2.64. The van der Waals surface area contributed by atoms with E-state index in [4.69, 9.17) is 0 Å². The lowest BCUT2D eigenvalue weighted by Crippen LogP contribution is -2.65. The van der Waals surface area contributed by atoms with E-state index in [0.717, 1.165) is 32.1 Å². The zero-order valence-electron chi connectivity index (χ0n) is 15.0. The van der Waals surface area contributed by atoms with Crippen molar-refractivity contribution < 1.29 is 9.90 Å². The zero-order valence-corrected chi connectivity index (χ0v) is 15.0. The number of hydrogen-bond acceptors (Lipinski definition) is 2. The van der Waals surface area contributed by atoms with Gasteiger partial charge in [-0.05, 0) is 75.0 Å². The van der Waals surface area contributed by atoms with Crippen molar-refractivity contribution in [3.05, 3.63) is 11.6 Å². The number of Topliss-reactive ketones (excluding diaryl/α,β-unsaturated/α-hetero) is 1. The van der Waals surface area contributed by atoms with Gasteiger partial charge in [-0.2, -0.15) is 0 Å². The third-order valence-corrected chi connectivity index (χ3v) is 8.86. The van der Waals surface area contributed by atoms with Crippen LogP contribution in [0, 0.1) is 28.6 Å². The van der Waals surface area contributed by atoms with E-state index in [0.29, 0.717) is 41.8 Å². The first kappa shape index (κ1) is 15.9. The van der Waals surface area contributed by atoms with E-state index in [1.54, 1.807) is 5.57 Å². The fourth-order valence-electron chi connectivity index (χ4n) is 7.31. The van der Waals surface area contributed by atoms with Gasteiger partial charge in [0.15, 0.2) is 0 Å². The molecule has 0 aliphatic heterocycles. The minimum absolute atomic E-state index is 0.0379. The number of hydrogen-bond donors (Lipinski definition) is 1. The molecule has 0 spiro atoms. The monoisotopic (exact) mass is 316 g/mol. The molecule has 0 aromatic heterocycles. The van der Waals surface area contributed by atoms with E-state index in [2.05, 4.69) is 26.8 Å². The highest BCUT2D eigenvalue weighted by molar-refractivity contribution is 5.79. The Morgan fingerprint density at radius 2 is 1.83 bits per heavy atom. The van der Waals surface area contributed by atoms with Crippen molar-refractivity contribution >= 4 is 5.78 Å². The van der Waals surface area contributed by atoms with Crippen LogP contribution >= 0.6 is 0 Å². The van der Waals surface area contributed by atoms with E-state index in [-0.39, 0.29) is 5.41 Å². The minimum Gasteiger partial charge on any atom is -0.389 e. The van der Waals surface area contributed by atoms with Crippen LogP contribution in [0.5, 0.6) is 0 Å². The molecule has 1 N–H and O–H groups in total. The van der Waals surface area contributed by atoms with Crippen LogP contribution in [0.1, 0.15) is 78.6 Å². The van der Waals surface area contributed by atoms with Crippen LogP contribution in [0.25, 0.3) is 0 Å². The summed E-state index contributed by atoms with van der Waals surface area (Å²) >= 11 is 0. The summed E-state index contributed by atoms with van der Waals surface area (Å²) in [6.07, 6.45) is 11.5. The van der Waals surface area contributed by atoms with E-state index < -0.39 is 5.60 Å². The highest BCUT2D eigenvalue weighted by Crippen LogP contribution is 2.68. The van der Waals surface area contributed by atoms with Crippen molar-refractivity contribution in [3.63, 3.8) is 0 Å². The molecule has 6 atom stereocenters. The Kier molecular flexibility index (Phi) is 3.41. The molecular weight excluding hydrogens is 284 g/mol. The quantitative estimate of drug-likeness (QED) is 0.660. The SMILES string of the molecule is C/C=C1/CCC2C3CCC4CC(=O)CC[C@]4(C)[C@@]3(O)CC[C@]12C. The van der Waals surface area contributed by atoms with E-state index >= 15 is 0 Å². The zero-order chi connectivity index (χ0) is 16.5. The number of rotatable bonds is 0. The number of fused-ring (bicyclic) bond motifs is 5. The molecule has 0 radical (unpaired) electrons. The van der Waals surface area contributed by atoms with Gasteiger partial charge in [0.25, 0.3) is 0 Å². The smallest absolute Gasteiger partial charge is 0.133 e. The molecule has 0 saturated heterocycles. The van der Waals surface area contributed by atoms with E-state index in [1.807, 2.05) is 0 Å².